The Hall–Kier alpha value is -5.27. The number of carbonyl (C=O) groups excluding carboxylic acids is 1. The third-order valence-electron chi connectivity index (χ3n) is 8.04. The van der Waals surface area contributed by atoms with E-state index >= 15 is 0 Å². The number of Topliss-reactive ketones (excluding diaryl/α,β-unsaturated/α-hetero) is 1. The summed E-state index contributed by atoms with van der Waals surface area (Å²) in [4.78, 5) is 43.7. The number of hydrogen-bond donors (Lipinski definition) is 0. The van der Waals surface area contributed by atoms with Gasteiger partial charge in [0.2, 0.25) is 0 Å². The number of nitrogens with zero attached hydrogens (tertiary/aromatic N) is 6. The monoisotopic (exact) mass is 618 g/mol. The summed E-state index contributed by atoms with van der Waals surface area (Å²) in [7, 11) is 2.15. The van der Waals surface area contributed by atoms with E-state index in [-0.39, 0.29) is 30.7 Å². The summed E-state index contributed by atoms with van der Waals surface area (Å²) in [6, 6.07) is 17.7. The van der Waals surface area contributed by atoms with Crippen LogP contribution in [0.25, 0.3) is 10.9 Å². The Labute approximate surface area is 265 Å². The van der Waals surface area contributed by atoms with Crippen LogP contribution in [0.5, 0.6) is 0 Å². The maximum Gasteiger partial charge on any atom is 0.264 e. The molecule has 0 N–H and O–H groups in total. The first kappa shape index (κ1) is 30.7. The number of piperazine rings is 1. The molecule has 3 heterocycles. The fourth-order valence-electron chi connectivity index (χ4n) is 5.37. The minimum atomic E-state index is -1.01. The molecule has 0 atom stereocenters. The Kier molecular flexibility index (Phi) is 9.22. The Morgan fingerprint density at radius 2 is 1.70 bits per heavy atom. The number of hydrogen-bond acceptors (Lipinski definition) is 7. The molecular formula is C36H32F2N6O2. The number of halogens is 2. The van der Waals surface area contributed by atoms with Gasteiger partial charge in [0.25, 0.3) is 5.56 Å². The smallest absolute Gasteiger partial charge is 0.264 e. The topological polar surface area (TPSA) is 84.2 Å². The summed E-state index contributed by atoms with van der Waals surface area (Å²) in [5.41, 5.74) is 3.75. The number of rotatable bonds is 8. The molecule has 1 saturated heterocycles. The molecule has 46 heavy (non-hydrogen) atoms. The van der Waals surface area contributed by atoms with Crippen LogP contribution in [0, 0.1) is 23.5 Å². The molecule has 1 aliphatic heterocycles. The molecule has 1 fully saturated rings. The summed E-state index contributed by atoms with van der Waals surface area (Å²) < 4.78 is 28.0. The van der Waals surface area contributed by atoms with Crippen LogP contribution in [0.3, 0.4) is 0 Å². The first-order chi connectivity index (χ1) is 22.3. The number of likely N-dealkylation sites (N-methyl/N-ethyl adjacent to an activating group) is 1. The number of fused-ring (bicyclic) bond motifs is 1. The SMILES string of the molecule is CN1CCN(c2ccc(Cc3ncc4cc(C#CCCC(=O)c5cncn(Cc6ccc(F)c(F)c6)c5=O)ccc4n3)cc2)CC1. The van der Waals surface area contributed by atoms with Gasteiger partial charge in [0, 0.05) is 74.5 Å². The van der Waals surface area contributed by atoms with Crippen molar-refractivity contribution in [2.75, 3.05) is 38.1 Å². The van der Waals surface area contributed by atoms with Gasteiger partial charge in [0.05, 0.1) is 18.4 Å². The summed E-state index contributed by atoms with van der Waals surface area (Å²) in [6.45, 7) is 4.17. The highest BCUT2D eigenvalue weighted by molar-refractivity contribution is 5.95. The molecule has 0 aliphatic carbocycles. The molecule has 0 radical (unpaired) electrons. The van der Waals surface area contributed by atoms with E-state index in [4.69, 9.17) is 4.98 Å². The van der Waals surface area contributed by atoms with Gasteiger partial charge in [-0.15, -0.1) is 0 Å². The lowest BCUT2D eigenvalue weighted by Crippen LogP contribution is -2.44. The van der Waals surface area contributed by atoms with Crippen LogP contribution in [0.1, 0.15) is 45.7 Å². The van der Waals surface area contributed by atoms with Crippen molar-refractivity contribution < 1.29 is 13.6 Å². The molecule has 0 unspecified atom stereocenters. The van der Waals surface area contributed by atoms with E-state index in [2.05, 4.69) is 62.9 Å². The molecule has 0 bridgehead atoms. The zero-order valence-corrected chi connectivity index (χ0v) is 25.4. The molecule has 8 nitrogen and oxygen atoms in total. The highest BCUT2D eigenvalue weighted by atomic mass is 19.2. The number of carbonyl (C=O) groups is 1. The summed E-state index contributed by atoms with van der Waals surface area (Å²) in [5.74, 6) is 4.45. The van der Waals surface area contributed by atoms with Crippen molar-refractivity contribution in [2.45, 2.75) is 25.8 Å². The average molecular weight is 619 g/mol. The first-order valence-corrected chi connectivity index (χ1v) is 15.1. The Bertz CT molecular complexity index is 2010. The van der Waals surface area contributed by atoms with Crippen molar-refractivity contribution in [1.29, 1.82) is 0 Å². The third-order valence-corrected chi connectivity index (χ3v) is 8.04. The highest BCUT2D eigenvalue weighted by Crippen LogP contribution is 2.19. The Balaban J connectivity index is 1.04. The molecule has 0 spiro atoms. The van der Waals surface area contributed by atoms with Crippen LogP contribution < -0.4 is 10.5 Å². The third kappa shape index (κ3) is 7.33. The van der Waals surface area contributed by atoms with Crippen LogP contribution in [0.15, 0.2) is 84.2 Å². The second kappa shape index (κ2) is 13.8. The number of aromatic nitrogens is 4. The molecule has 6 rings (SSSR count). The minimum absolute atomic E-state index is 0.0372. The fourth-order valence-corrected chi connectivity index (χ4v) is 5.37. The second-order valence-corrected chi connectivity index (χ2v) is 11.4. The van der Waals surface area contributed by atoms with Crippen LogP contribution >= 0.6 is 0 Å². The number of benzene rings is 3. The van der Waals surface area contributed by atoms with Crippen molar-refractivity contribution in [2.24, 2.45) is 0 Å². The molecule has 10 heteroatoms. The molecule has 1 aliphatic rings. The van der Waals surface area contributed by atoms with Crippen LogP contribution in [-0.2, 0) is 13.0 Å². The van der Waals surface area contributed by atoms with Gasteiger partial charge in [-0.2, -0.15) is 0 Å². The predicted octanol–water partition coefficient (Wildman–Crippen LogP) is 4.87. The van der Waals surface area contributed by atoms with E-state index in [1.165, 1.54) is 28.8 Å². The molecule has 5 aromatic rings. The van der Waals surface area contributed by atoms with Crippen LogP contribution in [0.2, 0.25) is 0 Å². The molecule has 0 saturated carbocycles. The molecule has 232 valence electrons. The van der Waals surface area contributed by atoms with Crippen molar-refractivity contribution in [3.63, 3.8) is 0 Å². The van der Waals surface area contributed by atoms with Gasteiger partial charge < -0.3 is 9.80 Å². The van der Waals surface area contributed by atoms with Crippen LogP contribution in [-0.4, -0.2) is 63.4 Å². The van der Waals surface area contributed by atoms with Gasteiger partial charge in [0.1, 0.15) is 11.4 Å². The van der Waals surface area contributed by atoms with Gasteiger partial charge in [-0.05, 0) is 60.6 Å². The number of anilines is 1. The zero-order valence-electron chi connectivity index (χ0n) is 25.4. The van der Waals surface area contributed by atoms with E-state index in [1.54, 1.807) is 6.20 Å². The molecule has 2 aromatic heterocycles. The molecule has 3 aromatic carbocycles. The molecular weight excluding hydrogens is 586 g/mol. The normalized spacial score (nSPS) is 13.4. The largest absolute Gasteiger partial charge is 0.369 e. The summed E-state index contributed by atoms with van der Waals surface area (Å²) >= 11 is 0. The Morgan fingerprint density at radius 1 is 0.913 bits per heavy atom. The zero-order chi connectivity index (χ0) is 32.0. The van der Waals surface area contributed by atoms with E-state index in [9.17, 15) is 18.4 Å². The quantitative estimate of drug-likeness (QED) is 0.181. The average Bonchev–Trinajstić information content (AvgIpc) is 3.06. The fraction of sp³-hybridized carbons (Fsp3) is 0.250. The second-order valence-electron chi connectivity index (χ2n) is 11.4. The lowest BCUT2D eigenvalue weighted by atomic mass is 10.1. The minimum Gasteiger partial charge on any atom is -0.369 e. The van der Waals surface area contributed by atoms with Gasteiger partial charge in [-0.3, -0.25) is 14.2 Å². The predicted molar refractivity (Wildman–Crippen MR) is 173 cm³/mol. The standard InChI is InChI=1S/C36H32F2N6O2/c1-42-14-16-43(17-15-42)29-10-6-26(7-11-29)20-35-40-21-28-18-25(9-13-33(28)41-35)4-2-3-5-34(45)30-22-39-24-44(36(30)46)23-27-8-12-31(37)32(38)19-27/h6-13,18-19,21-22,24H,3,5,14-17,20,23H2,1H3. The van der Waals surface area contributed by atoms with E-state index < -0.39 is 17.2 Å². The van der Waals surface area contributed by atoms with Gasteiger partial charge in [0.15, 0.2) is 17.4 Å². The van der Waals surface area contributed by atoms with Crippen LogP contribution in [0.4, 0.5) is 14.5 Å². The van der Waals surface area contributed by atoms with Crippen molar-refractivity contribution in [3.8, 4) is 11.8 Å². The summed E-state index contributed by atoms with van der Waals surface area (Å²) in [6.07, 6.45) is 5.22. The van der Waals surface area contributed by atoms with Gasteiger partial charge in [-0.25, -0.2) is 23.7 Å². The van der Waals surface area contributed by atoms with Crippen molar-refractivity contribution >= 4 is 22.4 Å². The lowest BCUT2D eigenvalue weighted by molar-refractivity contribution is 0.0982. The Morgan fingerprint density at radius 3 is 2.48 bits per heavy atom. The van der Waals surface area contributed by atoms with Crippen molar-refractivity contribution in [1.82, 2.24) is 24.4 Å². The lowest BCUT2D eigenvalue weighted by Gasteiger charge is -2.34. The van der Waals surface area contributed by atoms with E-state index in [0.29, 0.717) is 12.0 Å². The summed E-state index contributed by atoms with van der Waals surface area (Å²) in [5, 5.41) is 0.869. The maximum absolute atomic E-state index is 13.6. The van der Waals surface area contributed by atoms with Gasteiger partial charge in [-0.1, -0.05) is 30.0 Å². The maximum atomic E-state index is 13.6. The number of ketones is 1. The first-order valence-electron chi connectivity index (χ1n) is 15.1. The van der Waals surface area contributed by atoms with E-state index in [0.717, 1.165) is 66.2 Å². The highest BCUT2D eigenvalue weighted by Gasteiger charge is 2.15. The van der Waals surface area contributed by atoms with Gasteiger partial charge >= 0.3 is 0 Å². The molecule has 0 amide bonds. The van der Waals surface area contributed by atoms with Crippen molar-refractivity contribution in [3.05, 3.63) is 129 Å². The van der Waals surface area contributed by atoms with E-state index in [1.807, 2.05) is 18.2 Å².